The predicted octanol–water partition coefficient (Wildman–Crippen LogP) is 0.119. The summed E-state index contributed by atoms with van der Waals surface area (Å²) in [4.78, 5) is 11.4. The number of amides is 1. The molecule has 0 rings (SSSR count). The fourth-order valence-electron chi connectivity index (χ4n) is 1.16. The fourth-order valence-corrected chi connectivity index (χ4v) is 1.16. The van der Waals surface area contributed by atoms with Crippen molar-refractivity contribution in [1.29, 1.82) is 0 Å². The molecule has 0 saturated carbocycles. The number of hydrogen-bond acceptors (Lipinski definition) is 3. The van der Waals surface area contributed by atoms with E-state index in [4.69, 9.17) is 5.11 Å². The Bertz CT molecular complexity index is 162. The summed E-state index contributed by atoms with van der Waals surface area (Å²) in [5.74, 6) is 0.400. The van der Waals surface area contributed by atoms with Crippen LogP contribution in [0.3, 0.4) is 0 Å². The van der Waals surface area contributed by atoms with Crippen molar-refractivity contribution in [2.24, 2.45) is 5.92 Å². The topological polar surface area (TPSA) is 61.4 Å². The van der Waals surface area contributed by atoms with Crippen molar-refractivity contribution in [2.75, 3.05) is 20.2 Å². The third-order valence-corrected chi connectivity index (χ3v) is 2.51. The minimum Gasteiger partial charge on any atom is -0.396 e. The maximum atomic E-state index is 11.4. The Labute approximate surface area is 86.1 Å². The van der Waals surface area contributed by atoms with Gasteiger partial charge in [0.25, 0.3) is 0 Å². The van der Waals surface area contributed by atoms with Crippen molar-refractivity contribution in [2.45, 2.75) is 32.7 Å². The molecule has 0 aliphatic heterocycles. The van der Waals surface area contributed by atoms with Crippen LogP contribution in [0.15, 0.2) is 0 Å². The molecule has 3 N–H and O–H groups in total. The lowest BCUT2D eigenvalue weighted by molar-refractivity contribution is -0.122. The summed E-state index contributed by atoms with van der Waals surface area (Å²) in [5.41, 5.74) is 0. The average molecular weight is 202 g/mol. The molecule has 4 nitrogen and oxygen atoms in total. The van der Waals surface area contributed by atoms with Crippen LogP contribution in [-0.4, -0.2) is 37.3 Å². The van der Waals surface area contributed by atoms with E-state index in [0.29, 0.717) is 12.5 Å². The van der Waals surface area contributed by atoms with Gasteiger partial charge in [0, 0.05) is 13.2 Å². The van der Waals surface area contributed by atoms with Crippen molar-refractivity contribution in [3.8, 4) is 0 Å². The van der Waals surface area contributed by atoms with Crippen LogP contribution in [-0.2, 0) is 4.79 Å². The van der Waals surface area contributed by atoms with Gasteiger partial charge in [-0.05, 0) is 26.3 Å². The van der Waals surface area contributed by atoms with Gasteiger partial charge < -0.3 is 15.7 Å². The molecule has 0 aliphatic rings. The fraction of sp³-hybridized carbons (Fsp3) is 0.900. The second-order valence-electron chi connectivity index (χ2n) is 3.54. The summed E-state index contributed by atoms with van der Waals surface area (Å²) in [5, 5.41) is 14.5. The van der Waals surface area contributed by atoms with Crippen LogP contribution in [0.1, 0.15) is 26.7 Å². The van der Waals surface area contributed by atoms with E-state index in [2.05, 4.69) is 17.6 Å². The van der Waals surface area contributed by atoms with Gasteiger partial charge >= 0.3 is 0 Å². The lowest BCUT2D eigenvalue weighted by Gasteiger charge is -2.16. The Hall–Kier alpha value is -0.610. The molecule has 0 aromatic rings. The summed E-state index contributed by atoms with van der Waals surface area (Å²) in [6.07, 6.45) is 1.74. The molecule has 0 saturated heterocycles. The molecule has 0 aromatic carbocycles. The highest BCUT2D eigenvalue weighted by Crippen LogP contribution is 2.05. The molecule has 84 valence electrons. The molecule has 14 heavy (non-hydrogen) atoms. The number of carbonyl (C=O) groups is 1. The molecule has 2 unspecified atom stereocenters. The summed E-state index contributed by atoms with van der Waals surface area (Å²) < 4.78 is 0. The Morgan fingerprint density at radius 3 is 2.57 bits per heavy atom. The van der Waals surface area contributed by atoms with Crippen LogP contribution in [0, 0.1) is 5.92 Å². The lowest BCUT2D eigenvalue weighted by atomic mass is 10.0. The molecular weight excluding hydrogens is 180 g/mol. The molecule has 0 aromatic heterocycles. The normalized spacial score (nSPS) is 14.9. The third kappa shape index (κ3) is 5.19. The van der Waals surface area contributed by atoms with Gasteiger partial charge in [-0.25, -0.2) is 0 Å². The molecule has 0 aliphatic carbocycles. The second-order valence-corrected chi connectivity index (χ2v) is 3.54. The zero-order chi connectivity index (χ0) is 11.0. The quantitative estimate of drug-likeness (QED) is 0.549. The summed E-state index contributed by atoms with van der Waals surface area (Å²) in [6, 6.07) is -0.151. The van der Waals surface area contributed by atoms with Crippen molar-refractivity contribution in [1.82, 2.24) is 10.6 Å². The summed E-state index contributed by atoms with van der Waals surface area (Å²) in [6.45, 7) is 4.73. The van der Waals surface area contributed by atoms with Crippen molar-refractivity contribution in [3.63, 3.8) is 0 Å². The van der Waals surface area contributed by atoms with E-state index < -0.39 is 0 Å². The first-order valence-corrected chi connectivity index (χ1v) is 5.21. The minimum absolute atomic E-state index is 0.0175. The van der Waals surface area contributed by atoms with Gasteiger partial charge in [-0.3, -0.25) is 4.79 Å². The SMILES string of the molecule is CCC(CCO)CNC(=O)C(C)NC. The zero-order valence-corrected chi connectivity index (χ0v) is 9.34. The first-order valence-electron chi connectivity index (χ1n) is 5.21. The van der Waals surface area contributed by atoms with Crippen LogP contribution in [0.2, 0.25) is 0 Å². The number of rotatable bonds is 7. The largest absolute Gasteiger partial charge is 0.396 e. The summed E-state index contributed by atoms with van der Waals surface area (Å²) in [7, 11) is 1.76. The van der Waals surface area contributed by atoms with Crippen LogP contribution < -0.4 is 10.6 Å². The molecule has 0 fully saturated rings. The first-order chi connectivity index (χ1) is 6.65. The van der Waals surface area contributed by atoms with Crippen molar-refractivity contribution < 1.29 is 9.90 Å². The van der Waals surface area contributed by atoms with Gasteiger partial charge in [0.1, 0.15) is 0 Å². The van der Waals surface area contributed by atoms with E-state index in [0.717, 1.165) is 12.8 Å². The first kappa shape index (κ1) is 13.4. The predicted molar refractivity (Wildman–Crippen MR) is 57.0 cm³/mol. The highest BCUT2D eigenvalue weighted by atomic mass is 16.3. The number of nitrogens with one attached hydrogen (secondary N) is 2. The van der Waals surface area contributed by atoms with Gasteiger partial charge in [0.15, 0.2) is 0 Å². The number of aliphatic hydroxyl groups excluding tert-OH is 1. The Kier molecular flexibility index (Phi) is 7.42. The second kappa shape index (κ2) is 7.76. The van der Waals surface area contributed by atoms with Crippen LogP contribution in [0.25, 0.3) is 0 Å². The molecule has 0 heterocycles. The van der Waals surface area contributed by atoms with Gasteiger partial charge in [-0.2, -0.15) is 0 Å². The molecule has 4 heteroatoms. The lowest BCUT2D eigenvalue weighted by Crippen LogP contribution is -2.42. The van der Waals surface area contributed by atoms with Crippen molar-refractivity contribution in [3.05, 3.63) is 0 Å². The van der Waals surface area contributed by atoms with Gasteiger partial charge in [-0.15, -0.1) is 0 Å². The standard InChI is InChI=1S/C10H22N2O2/c1-4-9(5-6-13)7-12-10(14)8(2)11-3/h8-9,11,13H,4-7H2,1-3H3,(H,12,14). The number of likely N-dealkylation sites (N-methyl/N-ethyl adjacent to an activating group) is 1. The zero-order valence-electron chi connectivity index (χ0n) is 9.34. The van der Waals surface area contributed by atoms with E-state index >= 15 is 0 Å². The van der Waals surface area contributed by atoms with Gasteiger partial charge in [-0.1, -0.05) is 13.3 Å². The van der Waals surface area contributed by atoms with Crippen LogP contribution in [0.5, 0.6) is 0 Å². The van der Waals surface area contributed by atoms with Gasteiger partial charge in [0.05, 0.1) is 6.04 Å². The number of carbonyl (C=O) groups excluding carboxylic acids is 1. The highest BCUT2D eigenvalue weighted by Gasteiger charge is 2.12. The molecular formula is C10H22N2O2. The average Bonchev–Trinajstić information content (AvgIpc) is 2.22. The maximum absolute atomic E-state index is 11.4. The highest BCUT2D eigenvalue weighted by molar-refractivity contribution is 5.81. The monoisotopic (exact) mass is 202 g/mol. The molecule has 0 spiro atoms. The van der Waals surface area contributed by atoms with E-state index in [1.54, 1.807) is 7.05 Å². The Morgan fingerprint density at radius 1 is 1.50 bits per heavy atom. The molecule has 0 radical (unpaired) electrons. The van der Waals surface area contributed by atoms with Gasteiger partial charge in [0.2, 0.25) is 5.91 Å². The maximum Gasteiger partial charge on any atom is 0.236 e. The molecule has 1 amide bonds. The third-order valence-electron chi connectivity index (χ3n) is 2.51. The summed E-state index contributed by atoms with van der Waals surface area (Å²) >= 11 is 0. The molecule has 2 atom stereocenters. The van der Waals surface area contributed by atoms with E-state index in [-0.39, 0.29) is 18.6 Å². The van der Waals surface area contributed by atoms with E-state index in [1.807, 2.05) is 6.92 Å². The Balaban J connectivity index is 3.73. The number of hydrogen-bond donors (Lipinski definition) is 3. The minimum atomic E-state index is -0.151. The van der Waals surface area contributed by atoms with E-state index in [9.17, 15) is 4.79 Å². The van der Waals surface area contributed by atoms with Crippen LogP contribution in [0.4, 0.5) is 0 Å². The molecule has 0 bridgehead atoms. The van der Waals surface area contributed by atoms with Crippen LogP contribution >= 0.6 is 0 Å². The van der Waals surface area contributed by atoms with Crippen molar-refractivity contribution >= 4 is 5.91 Å². The Morgan fingerprint density at radius 2 is 2.14 bits per heavy atom. The smallest absolute Gasteiger partial charge is 0.236 e. The number of aliphatic hydroxyl groups is 1. The van der Waals surface area contributed by atoms with E-state index in [1.165, 1.54) is 0 Å².